The summed E-state index contributed by atoms with van der Waals surface area (Å²) in [4.78, 5) is 11.4. The Balaban J connectivity index is 1.66. The predicted molar refractivity (Wildman–Crippen MR) is 63.8 cm³/mol. The molecule has 2 N–H and O–H groups in total. The maximum absolute atomic E-state index is 13.2. The molecule has 0 bridgehead atoms. The van der Waals surface area contributed by atoms with Gasteiger partial charge < -0.3 is 10.6 Å². The molecule has 0 atom stereocenters. The summed E-state index contributed by atoms with van der Waals surface area (Å²) in [5.41, 5.74) is 0.517. The van der Waals surface area contributed by atoms with Gasteiger partial charge in [0.1, 0.15) is 5.82 Å². The number of carbonyl (C=O) groups excluding carboxylic acids is 1. The third kappa shape index (κ3) is 4.15. The highest BCUT2D eigenvalue weighted by Gasteiger charge is 2.20. The van der Waals surface area contributed by atoms with Crippen molar-refractivity contribution < 1.29 is 9.18 Å². The summed E-state index contributed by atoms with van der Waals surface area (Å²) in [6, 6.07) is 6.47. The Bertz CT molecular complexity index is 391. The second kappa shape index (κ2) is 5.77. The Labute approximate surface area is 100 Å². The smallest absolute Gasteiger partial charge is 0.234 e. The molecule has 1 saturated carbocycles. The first-order chi connectivity index (χ1) is 8.25. The van der Waals surface area contributed by atoms with Gasteiger partial charge in [-0.2, -0.15) is 0 Å². The van der Waals surface area contributed by atoms with E-state index >= 15 is 0 Å². The van der Waals surface area contributed by atoms with Gasteiger partial charge in [-0.05, 0) is 31.4 Å². The molecule has 0 spiro atoms. The van der Waals surface area contributed by atoms with Crippen molar-refractivity contribution in [2.24, 2.45) is 5.92 Å². The van der Waals surface area contributed by atoms with Crippen LogP contribution >= 0.6 is 0 Å². The summed E-state index contributed by atoms with van der Waals surface area (Å²) in [6.45, 7) is 1.47. The summed E-state index contributed by atoms with van der Waals surface area (Å²) in [7, 11) is 0. The van der Waals surface area contributed by atoms with Crippen molar-refractivity contribution in [3.05, 3.63) is 35.6 Å². The predicted octanol–water partition coefficient (Wildman–Crippen LogP) is 1.44. The quantitative estimate of drug-likeness (QED) is 0.784. The lowest BCUT2D eigenvalue weighted by atomic mass is 10.2. The first kappa shape index (κ1) is 12.0. The minimum absolute atomic E-state index is 0.0890. The number of benzene rings is 1. The normalized spacial score (nSPS) is 14.6. The first-order valence-electron chi connectivity index (χ1n) is 5.96. The Morgan fingerprint density at radius 2 is 2.12 bits per heavy atom. The maximum Gasteiger partial charge on any atom is 0.234 e. The van der Waals surface area contributed by atoms with Crippen molar-refractivity contribution in [2.75, 3.05) is 13.1 Å². The lowest BCUT2D eigenvalue weighted by Crippen LogP contribution is -2.34. The van der Waals surface area contributed by atoms with E-state index in [1.54, 1.807) is 18.2 Å². The van der Waals surface area contributed by atoms with E-state index in [1.165, 1.54) is 18.9 Å². The van der Waals surface area contributed by atoms with Crippen molar-refractivity contribution in [3.8, 4) is 0 Å². The second-order valence-corrected chi connectivity index (χ2v) is 4.44. The van der Waals surface area contributed by atoms with Crippen LogP contribution in [0.25, 0.3) is 0 Å². The van der Waals surface area contributed by atoms with E-state index in [1.807, 2.05) is 0 Å². The molecule has 4 heteroatoms. The standard InChI is InChI=1S/C13H17FN2O/c14-12-4-2-1-3-11(12)8-16-13(17)9-15-7-10-5-6-10/h1-4,10,15H,5-9H2,(H,16,17). The highest BCUT2D eigenvalue weighted by Crippen LogP contribution is 2.27. The van der Waals surface area contributed by atoms with Gasteiger partial charge in [-0.15, -0.1) is 0 Å². The van der Waals surface area contributed by atoms with Gasteiger partial charge in [-0.3, -0.25) is 4.79 Å². The van der Waals surface area contributed by atoms with Crippen LogP contribution in [0.15, 0.2) is 24.3 Å². The summed E-state index contributed by atoms with van der Waals surface area (Å²) >= 11 is 0. The zero-order valence-corrected chi connectivity index (χ0v) is 9.71. The lowest BCUT2D eigenvalue weighted by Gasteiger charge is -2.07. The number of hydrogen-bond acceptors (Lipinski definition) is 2. The van der Waals surface area contributed by atoms with Gasteiger partial charge in [0, 0.05) is 12.1 Å². The Kier molecular flexibility index (Phi) is 4.09. The molecule has 92 valence electrons. The molecular weight excluding hydrogens is 219 g/mol. The van der Waals surface area contributed by atoms with Crippen molar-refractivity contribution in [3.63, 3.8) is 0 Å². The average molecular weight is 236 g/mol. The molecule has 1 amide bonds. The molecule has 17 heavy (non-hydrogen) atoms. The zero-order chi connectivity index (χ0) is 12.1. The average Bonchev–Trinajstić information content (AvgIpc) is 3.12. The number of nitrogens with one attached hydrogen (secondary N) is 2. The van der Waals surface area contributed by atoms with Crippen LogP contribution < -0.4 is 10.6 Å². The van der Waals surface area contributed by atoms with E-state index in [2.05, 4.69) is 10.6 Å². The van der Waals surface area contributed by atoms with Crippen molar-refractivity contribution in [1.82, 2.24) is 10.6 Å². The number of carbonyl (C=O) groups is 1. The van der Waals surface area contributed by atoms with E-state index < -0.39 is 0 Å². The van der Waals surface area contributed by atoms with E-state index in [-0.39, 0.29) is 18.3 Å². The van der Waals surface area contributed by atoms with Gasteiger partial charge in [0.05, 0.1) is 6.54 Å². The molecular formula is C13H17FN2O. The molecule has 1 aliphatic rings. The van der Waals surface area contributed by atoms with E-state index in [0.717, 1.165) is 12.5 Å². The minimum atomic E-state index is -0.279. The fraction of sp³-hybridized carbons (Fsp3) is 0.462. The third-order valence-electron chi connectivity index (χ3n) is 2.85. The highest BCUT2D eigenvalue weighted by molar-refractivity contribution is 5.77. The Morgan fingerprint density at radius 1 is 1.35 bits per heavy atom. The van der Waals surface area contributed by atoms with E-state index in [4.69, 9.17) is 0 Å². The zero-order valence-electron chi connectivity index (χ0n) is 9.71. The topological polar surface area (TPSA) is 41.1 Å². The molecule has 1 fully saturated rings. The fourth-order valence-electron chi connectivity index (χ4n) is 1.61. The summed E-state index contributed by atoms with van der Waals surface area (Å²) in [5, 5.41) is 5.78. The molecule has 1 aromatic carbocycles. The van der Waals surface area contributed by atoms with Gasteiger partial charge >= 0.3 is 0 Å². The van der Waals surface area contributed by atoms with Gasteiger partial charge in [0.15, 0.2) is 0 Å². The molecule has 1 aliphatic carbocycles. The van der Waals surface area contributed by atoms with Crippen LogP contribution in [0.5, 0.6) is 0 Å². The largest absolute Gasteiger partial charge is 0.351 e. The van der Waals surface area contributed by atoms with Crippen molar-refractivity contribution >= 4 is 5.91 Å². The van der Waals surface area contributed by atoms with Crippen molar-refractivity contribution in [2.45, 2.75) is 19.4 Å². The molecule has 3 nitrogen and oxygen atoms in total. The summed E-state index contributed by atoms with van der Waals surface area (Å²) in [6.07, 6.45) is 2.54. The van der Waals surface area contributed by atoms with Crippen LogP contribution in [0, 0.1) is 11.7 Å². The van der Waals surface area contributed by atoms with Crippen LogP contribution in [0.2, 0.25) is 0 Å². The monoisotopic (exact) mass is 236 g/mol. The van der Waals surface area contributed by atoms with E-state index in [0.29, 0.717) is 12.1 Å². The molecule has 0 heterocycles. The minimum Gasteiger partial charge on any atom is -0.351 e. The summed E-state index contributed by atoms with van der Waals surface area (Å²) < 4.78 is 13.2. The summed E-state index contributed by atoms with van der Waals surface area (Å²) in [5.74, 6) is 0.391. The Morgan fingerprint density at radius 3 is 2.82 bits per heavy atom. The molecule has 0 aliphatic heterocycles. The maximum atomic E-state index is 13.2. The molecule has 0 saturated heterocycles. The van der Waals surface area contributed by atoms with Gasteiger partial charge in [0.2, 0.25) is 5.91 Å². The number of rotatable bonds is 6. The number of hydrogen-bond donors (Lipinski definition) is 2. The van der Waals surface area contributed by atoms with Crippen LogP contribution in [0.4, 0.5) is 4.39 Å². The fourth-order valence-corrected chi connectivity index (χ4v) is 1.61. The Hall–Kier alpha value is -1.42. The number of halogens is 1. The van der Waals surface area contributed by atoms with Crippen LogP contribution in [-0.2, 0) is 11.3 Å². The SMILES string of the molecule is O=C(CNCC1CC1)NCc1ccccc1F. The van der Waals surface area contributed by atoms with Gasteiger partial charge in [0.25, 0.3) is 0 Å². The van der Waals surface area contributed by atoms with Crippen molar-refractivity contribution in [1.29, 1.82) is 0 Å². The van der Waals surface area contributed by atoms with Gasteiger partial charge in [-0.1, -0.05) is 18.2 Å². The van der Waals surface area contributed by atoms with Gasteiger partial charge in [-0.25, -0.2) is 4.39 Å². The first-order valence-corrected chi connectivity index (χ1v) is 5.96. The molecule has 1 aromatic rings. The molecule has 2 rings (SSSR count). The molecule has 0 aromatic heterocycles. The third-order valence-corrected chi connectivity index (χ3v) is 2.85. The lowest BCUT2D eigenvalue weighted by molar-refractivity contribution is -0.120. The molecule has 0 unspecified atom stereocenters. The number of amides is 1. The van der Waals surface area contributed by atoms with Crippen LogP contribution in [-0.4, -0.2) is 19.0 Å². The highest BCUT2D eigenvalue weighted by atomic mass is 19.1. The second-order valence-electron chi connectivity index (χ2n) is 4.44. The molecule has 0 radical (unpaired) electrons. The van der Waals surface area contributed by atoms with Crippen LogP contribution in [0.1, 0.15) is 18.4 Å². The van der Waals surface area contributed by atoms with Crippen LogP contribution in [0.3, 0.4) is 0 Å². The van der Waals surface area contributed by atoms with E-state index in [9.17, 15) is 9.18 Å².